The van der Waals surface area contributed by atoms with E-state index < -0.39 is 0 Å². The minimum absolute atomic E-state index is 0.425. The van der Waals surface area contributed by atoms with Gasteiger partial charge in [0.25, 0.3) is 0 Å². The van der Waals surface area contributed by atoms with E-state index in [-0.39, 0.29) is 0 Å². The van der Waals surface area contributed by atoms with Crippen LogP contribution in [0, 0.1) is 6.92 Å². The van der Waals surface area contributed by atoms with Crippen LogP contribution in [0.5, 0.6) is 0 Å². The average molecular weight is 237 g/mol. The van der Waals surface area contributed by atoms with Crippen LogP contribution in [0.3, 0.4) is 0 Å². The van der Waals surface area contributed by atoms with Gasteiger partial charge in [0.15, 0.2) is 0 Å². The van der Waals surface area contributed by atoms with Gasteiger partial charge in [0.1, 0.15) is 17.5 Å². The molecule has 1 rings (SSSR count). The zero-order valence-corrected chi connectivity index (χ0v) is 11.2. The number of aryl methyl sites for hydroxylation is 1. The summed E-state index contributed by atoms with van der Waals surface area (Å²) in [5.41, 5.74) is 0. The van der Waals surface area contributed by atoms with Gasteiger partial charge in [-0.15, -0.1) is 0 Å². The summed E-state index contributed by atoms with van der Waals surface area (Å²) in [5.74, 6) is 2.54. The first-order chi connectivity index (χ1) is 8.15. The highest BCUT2D eigenvalue weighted by Gasteiger charge is 2.04. The molecule has 0 aliphatic rings. The van der Waals surface area contributed by atoms with Crippen molar-refractivity contribution < 1.29 is 0 Å². The maximum absolute atomic E-state index is 4.37. The van der Waals surface area contributed by atoms with Crippen molar-refractivity contribution in [1.29, 1.82) is 0 Å². The Morgan fingerprint density at radius 3 is 2.59 bits per heavy atom. The molecule has 0 saturated heterocycles. The monoisotopic (exact) mass is 237 g/mol. The van der Waals surface area contributed by atoms with Crippen molar-refractivity contribution in [3.05, 3.63) is 11.9 Å². The van der Waals surface area contributed by atoms with Crippen LogP contribution < -0.4 is 16.0 Å². The van der Waals surface area contributed by atoms with Crippen LogP contribution in [0.25, 0.3) is 0 Å². The number of nitrogens with one attached hydrogen (secondary N) is 3. The second kappa shape index (κ2) is 7.06. The number of likely N-dealkylation sites (N-methyl/N-ethyl adjacent to an activating group) is 1. The first-order valence-electron chi connectivity index (χ1n) is 6.16. The Balaban J connectivity index is 2.65. The molecule has 0 bridgehead atoms. The smallest absolute Gasteiger partial charge is 0.132 e. The molecule has 0 spiro atoms. The zero-order chi connectivity index (χ0) is 12.7. The lowest BCUT2D eigenvalue weighted by Gasteiger charge is -2.14. The summed E-state index contributed by atoms with van der Waals surface area (Å²) < 4.78 is 0. The summed E-state index contributed by atoms with van der Waals surface area (Å²) in [5, 5.41) is 9.71. The molecule has 1 atom stereocenters. The molecule has 3 N–H and O–H groups in total. The molecule has 0 radical (unpaired) electrons. The maximum Gasteiger partial charge on any atom is 0.132 e. The van der Waals surface area contributed by atoms with Crippen LogP contribution in [0.4, 0.5) is 11.6 Å². The van der Waals surface area contributed by atoms with E-state index in [0.717, 1.165) is 37.0 Å². The van der Waals surface area contributed by atoms with Crippen LogP contribution in [0.2, 0.25) is 0 Å². The highest BCUT2D eigenvalue weighted by atomic mass is 15.1. The standard InChI is InChI=1S/C12H23N5/c1-5-9(2)15-12-8-11(14-7-6-13-4)16-10(3)17-12/h8-9,13H,5-7H2,1-4H3,(H2,14,15,16,17). The van der Waals surface area contributed by atoms with Crippen molar-refractivity contribution in [3.8, 4) is 0 Å². The second-order valence-electron chi connectivity index (χ2n) is 4.17. The molecule has 1 heterocycles. The molecule has 96 valence electrons. The summed E-state index contributed by atoms with van der Waals surface area (Å²) >= 11 is 0. The van der Waals surface area contributed by atoms with E-state index in [1.54, 1.807) is 0 Å². The molecule has 1 aromatic heterocycles. The number of hydrogen-bond acceptors (Lipinski definition) is 5. The minimum Gasteiger partial charge on any atom is -0.369 e. The predicted molar refractivity (Wildman–Crippen MR) is 72.6 cm³/mol. The summed E-state index contributed by atoms with van der Waals surface area (Å²) in [6.45, 7) is 7.97. The van der Waals surface area contributed by atoms with Crippen molar-refractivity contribution in [1.82, 2.24) is 15.3 Å². The van der Waals surface area contributed by atoms with E-state index in [4.69, 9.17) is 0 Å². The van der Waals surface area contributed by atoms with Gasteiger partial charge in [-0.25, -0.2) is 9.97 Å². The van der Waals surface area contributed by atoms with Crippen molar-refractivity contribution in [2.24, 2.45) is 0 Å². The molecular formula is C12H23N5. The molecule has 0 amide bonds. The number of rotatable bonds is 7. The highest BCUT2D eigenvalue weighted by molar-refractivity contribution is 5.47. The third kappa shape index (κ3) is 4.99. The summed E-state index contributed by atoms with van der Waals surface area (Å²) in [4.78, 5) is 8.72. The van der Waals surface area contributed by atoms with E-state index in [1.807, 2.05) is 20.0 Å². The molecule has 1 aromatic rings. The number of nitrogens with zero attached hydrogens (tertiary/aromatic N) is 2. The highest BCUT2D eigenvalue weighted by Crippen LogP contribution is 2.12. The van der Waals surface area contributed by atoms with Crippen molar-refractivity contribution in [2.75, 3.05) is 30.8 Å². The summed E-state index contributed by atoms with van der Waals surface area (Å²) in [6, 6.07) is 2.38. The SMILES string of the molecule is CCC(C)Nc1cc(NCCNC)nc(C)n1. The summed E-state index contributed by atoms with van der Waals surface area (Å²) in [7, 11) is 1.93. The van der Waals surface area contributed by atoms with Gasteiger partial charge in [0.05, 0.1) is 0 Å². The third-order valence-electron chi connectivity index (χ3n) is 2.53. The van der Waals surface area contributed by atoms with Crippen molar-refractivity contribution >= 4 is 11.6 Å². The topological polar surface area (TPSA) is 61.9 Å². The lowest BCUT2D eigenvalue weighted by Crippen LogP contribution is -2.19. The van der Waals surface area contributed by atoms with Crippen LogP contribution in [-0.2, 0) is 0 Å². The molecule has 0 aliphatic heterocycles. The zero-order valence-electron chi connectivity index (χ0n) is 11.2. The van der Waals surface area contributed by atoms with Gasteiger partial charge >= 0.3 is 0 Å². The Bertz CT molecular complexity index is 340. The lowest BCUT2D eigenvalue weighted by molar-refractivity contribution is 0.757. The fourth-order valence-electron chi connectivity index (χ4n) is 1.40. The van der Waals surface area contributed by atoms with Crippen LogP contribution in [0.15, 0.2) is 6.07 Å². The number of hydrogen-bond donors (Lipinski definition) is 3. The third-order valence-corrected chi connectivity index (χ3v) is 2.53. The van der Waals surface area contributed by atoms with E-state index in [2.05, 4.69) is 39.8 Å². The Hall–Kier alpha value is -1.36. The molecular weight excluding hydrogens is 214 g/mol. The molecule has 5 nitrogen and oxygen atoms in total. The molecule has 0 fully saturated rings. The lowest BCUT2D eigenvalue weighted by atomic mass is 10.2. The Morgan fingerprint density at radius 2 is 1.94 bits per heavy atom. The first kappa shape index (κ1) is 13.7. The fraction of sp³-hybridized carbons (Fsp3) is 0.667. The molecule has 1 unspecified atom stereocenters. The van der Waals surface area contributed by atoms with Gasteiger partial charge in [0.2, 0.25) is 0 Å². The fourth-order valence-corrected chi connectivity index (χ4v) is 1.40. The van der Waals surface area contributed by atoms with E-state index in [0.29, 0.717) is 6.04 Å². The maximum atomic E-state index is 4.37. The average Bonchev–Trinajstić information content (AvgIpc) is 2.28. The second-order valence-corrected chi connectivity index (χ2v) is 4.17. The van der Waals surface area contributed by atoms with Gasteiger partial charge in [-0.2, -0.15) is 0 Å². The largest absolute Gasteiger partial charge is 0.369 e. The van der Waals surface area contributed by atoms with Gasteiger partial charge in [-0.1, -0.05) is 6.92 Å². The van der Waals surface area contributed by atoms with Gasteiger partial charge in [0, 0.05) is 25.2 Å². The Morgan fingerprint density at radius 1 is 1.24 bits per heavy atom. The molecule has 5 heteroatoms. The van der Waals surface area contributed by atoms with Crippen molar-refractivity contribution in [2.45, 2.75) is 33.2 Å². The van der Waals surface area contributed by atoms with Gasteiger partial charge in [-0.3, -0.25) is 0 Å². The summed E-state index contributed by atoms with van der Waals surface area (Å²) in [6.07, 6.45) is 1.07. The van der Waals surface area contributed by atoms with E-state index in [9.17, 15) is 0 Å². The minimum atomic E-state index is 0.425. The van der Waals surface area contributed by atoms with Crippen LogP contribution >= 0.6 is 0 Å². The van der Waals surface area contributed by atoms with E-state index in [1.165, 1.54) is 0 Å². The first-order valence-corrected chi connectivity index (χ1v) is 6.16. The van der Waals surface area contributed by atoms with E-state index >= 15 is 0 Å². The van der Waals surface area contributed by atoms with Crippen LogP contribution in [-0.4, -0.2) is 36.1 Å². The normalized spacial score (nSPS) is 12.2. The molecule has 0 saturated carbocycles. The molecule has 0 aliphatic carbocycles. The van der Waals surface area contributed by atoms with Crippen molar-refractivity contribution in [3.63, 3.8) is 0 Å². The Kier molecular flexibility index (Phi) is 5.69. The van der Waals surface area contributed by atoms with Gasteiger partial charge < -0.3 is 16.0 Å². The molecule has 17 heavy (non-hydrogen) atoms. The van der Waals surface area contributed by atoms with Gasteiger partial charge in [-0.05, 0) is 27.3 Å². The Labute approximate surface area is 103 Å². The number of aromatic nitrogens is 2. The van der Waals surface area contributed by atoms with Crippen LogP contribution in [0.1, 0.15) is 26.1 Å². The predicted octanol–water partition coefficient (Wildman–Crippen LogP) is 1.63. The quantitative estimate of drug-likeness (QED) is 0.629. The molecule has 0 aromatic carbocycles. The number of anilines is 2.